The van der Waals surface area contributed by atoms with Crippen molar-refractivity contribution in [2.24, 2.45) is 5.14 Å². The van der Waals surface area contributed by atoms with Gasteiger partial charge in [0, 0.05) is 9.86 Å². The fourth-order valence-electron chi connectivity index (χ4n) is 2.16. The molecule has 0 radical (unpaired) electrons. The molecule has 0 saturated carbocycles. The molecule has 2 rings (SSSR count). The van der Waals surface area contributed by atoms with E-state index in [1.165, 1.54) is 12.1 Å². The van der Waals surface area contributed by atoms with Crippen LogP contribution in [0.5, 0.6) is 5.75 Å². The summed E-state index contributed by atoms with van der Waals surface area (Å²) >= 11 is 3.37. The molecule has 8 nitrogen and oxygen atoms in total. The lowest BCUT2D eigenvalue weighted by atomic mass is 10.1. The number of thiophene rings is 1. The van der Waals surface area contributed by atoms with Gasteiger partial charge in [0.05, 0.1) is 23.7 Å². The van der Waals surface area contributed by atoms with E-state index >= 15 is 0 Å². The Hall–Kier alpha value is -0.660. The molecule has 0 spiro atoms. The second-order valence-electron chi connectivity index (χ2n) is 5.53. The minimum Gasteiger partial charge on any atom is -0.492 e. The standard InChI is InChI=1S/C13H15BrF2NO7PS2/c14-10-8-4-7(6-18)5-9(24-2-1-3-27(17,22)23)11(8)26-12(10)13(15,16)25(19,20)21/h4-5,18H,1-3,6H2,(H2,17,22,23)(H2,19,20,21). The maximum atomic E-state index is 14.2. The molecule has 5 N–H and O–H groups in total. The second kappa shape index (κ2) is 7.99. The normalized spacial score (nSPS) is 13.3. The summed E-state index contributed by atoms with van der Waals surface area (Å²) in [5.41, 5.74) is -4.10. The van der Waals surface area contributed by atoms with Crippen LogP contribution in [0.3, 0.4) is 0 Å². The van der Waals surface area contributed by atoms with Gasteiger partial charge in [-0.05, 0) is 40.0 Å². The molecule has 2 aromatic rings. The van der Waals surface area contributed by atoms with Gasteiger partial charge in [0.1, 0.15) is 10.6 Å². The van der Waals surface area contributed by atoms with Crippen LogP contribution in [0.1, 0.15) is 16.9 Å². The minimum absolute atomic E-state index is 0.0434. The number of nitrogens with two attached hydrogens (primary N) is 1. The van der Waals surface area contributed by atoms with Gasteiger partial charge in [-0.15, -0.1) is 11.3 Å². The summed E-state index contributed by atoms with van der Waals surface area (Å²) in [7, 11) is -9.46. The lowest BCUT2D eigenvalue weighted by molar-refractivity contribution is 0.0595. The van der Waals surface area contributed by atoms with Crippen LogP contribution < -0.4 is 9.88 Å². The van der Waals surface area contributed by atoms with Crippen molar-refractivity contribution in [3.05, 3.63) is 27.0 Å². The van der Waals surface area contributed by atoms with E-state index in [2.05, 4.69) is 15.9 Å². The summed E-state index contributed by atoms with van der Waals surface area (Å²) in [5, 5.41) is 14.4. The predicted molar refractivity (Wildman–Crippen MR) is 99.5 cm³/mol. The number of hydrogen-bond donors (Lipinski definition) is 4. The quantitative estimate of drug-likeness (QED) is 0.315. The van der Waals surface area contributed by atoms with E-state index in [0.29, 0.717) is 16.9 Å². The Morgan fingerprint density at radius 1 is 1.33 bits per heavy atom. The van der Waals surface area contributed by atoms with Crippen molar-refractivity contribution in [1.82, 2.24) is 0 Å². The molecule has 1 aromatic heterocycles. The number of halogens is 3. The van der Waals surface area contributed by atoms with Gasteiger partial charge < -0.3 is 19.6 Å². The Morgan fingerprint density at radius 2 is 1.96 bits per heavy atom. The molecular weight excluding hydrogens is 495 g/mol. The SMILES string of the molecule is NS(=O)(=O)CCCOc1cc(CO)cc2c(Br)c(C(F)(F)P(=O)(O)O)sc12. The monoisotopic (exact) mass is 509 g/mol. The van der Waals surface area contributed by atoms with Crippen LogP contribution in [0.2, 0.25) is 0 Å². The van der Waals surface area contributed by atoms with Crippen LogP contribution in [0.4, 0.5) is 8.78 Å². The van der Waals surface area contributed by atoms with E-state index in [9.17, 15) is 26.9 Å². The minimum atomic E-state index is -5.78. The highest BCUT2D eigenvalue weighted by Crippen LogP contribution is 2.63. The van der Waals surface area contributed by atoms with E-state index in [-0.39, 0.29) is 39.1 Å². The van der Waals surface area contributed by atoms with E-state index in [0.717, 1.165) is 0 Å². The molecule has 0 unspecified atom stereocenters. The van der Waals surface area contributed by atoms with Crippen LogP contribution >= 0.6 is 34.9 Å². The average Bonchev–Trinajstić information content (AvgIpc) is 2.87. The molecule has 1 aromatic carbocycles. The van der Waals surface area contributed by atoms with Gasteiger partial charge in [0.15, 0.2) is 0 Å². The first-order chi connectivity index (χ1) is 12.3. The topological polar surface area (TPSA) is 147 Å². The van der Waals surface area contributed by atoms with Crippen molar-refractivity contribution < 1.29 is 41.4 Å². The summed E-state index contributed by atoms with van der Waals surface area (Å²) in [4.78, 5) is 17.1. The first-order valence-corrected chi connectivity index (χ1v) is 12.1. The highest BCUT2D eigenvalue weighted by Gasteiger charge is 2.53. The number of aliphatic hydroxyl groups is 1. The average molecular weight is 510 g/mol. The summed E-state index contributed by atoms with van der Waals surface area (Å²) in [6.07, 6.45) is 0.0434. The highest BCUT2D eigenvalue weighted by atomic mass is 79.9. The van der Waals surface area contributed by atoms with E-state index < -0.39 is 34.8 Å². The molecule has 0 fully saturated rings. The van der Waals surface area contributed by atoms with E-state index in [1.807, 2.05) is 0 Å². The molecule has 0 saturated heterocycles. The lowest BCUT2D eigenvalue weighted by Gasteiger charge is -2.16. The Bertz CT molecular complexity index is 1010. The Morgan fingerprint density at radius 3 is 2.48 bits per heavy atom. The van der Waals surface area contributed by atoms with E-state index in [4.69, 9.17) is 19.7 Å². The van der Waals surface area contributed by atoms with Crippen molar-refractivity contribution >= 4 is 55.0 Å². The first-order valence-electron chi connectivity index (χ1n) is 7.21. The Kier molecular flexibility index (Phi) is 6.70. The zero-order valence-corrected chi connectivity index (χ0v) is 17.5. The fraction of sp³-hybridized carbons (Fsp3) is 0.385. The molecule has 0 aliphatic rings. The van der Waals surface area contributed by atoms with Crippen LogP contribution in [0.15, 0.2) is 16.6 Å². The summed E-state index contributed by atoms with van der Waals surface area (Å²) in [6, 6.07) is 2.76. The number of benzene rings is 1. The number of hydrogen-bond acceptors (Lipinski definition) is 6. The second-order valence-corrected chi connectivity index (χ2v) is 10.7. The van der Waals surface area contributed by atoms with Crippen molar-refractivity contribution in [3.63, 3.8) is 0 Å². The maximum Gasteiger partial charge on any atom is 0.400 e. The van der Waals surface area contributed by atoms with Crippen molar-refractivity contribution in [2.45, 2.75) is 18.7 Å². The summed E-state index contributed by atoms with van der Waals surface area (Å²) in [5.74, 6) is -0.268. The summed E-state index contributed by atoms with van der Waals surface area (Å²) in [6.45, 7) is -0.532. The molecule has 1 heterocycles. The lowest BCUT2D eigenvalue weighted by Crippen LogP contribution is -2.18. The predicted octanol–water partition coefficient (Wildman–Crippen LogP) is 2.44. The zero-order chi connectivity index (χ0) is 20.6. The van der Waals surface area contributed by atoms with Crippen molar-refractivity contribution in [3.8, 4) is 5.75 Å². The number of rotatable bonds is 8. The molecule has 0 atom stereocenters. The van der Waals surface area contributed by atoms with Gasteiger partial charge in [-0.25, -0.2) is 13.6 Å². The molecule has 0 aliphatic carbocycles. The molecule has 0 amide bonds. The third-order valence-corrected chi connectivity index (χ3v) is 7.75. The largest absolute Gasteiger partial charge is 0.492 e. The fourth-order valence-corrected chi connectivity index (χ4v) is 5.66. The van der Waals surface area contributed by atoms with Gasteiger partial charge in [0.2, 0.25) is 10.0 Å². The smallest absolute Gasteiger partial charge is 0.400 e. The van der Waals surface area contributed by atoms with Gasteiger partial charge >= 0.3 is 13.3 Å². The Balaban J connectivity index is 2.48. The van der Waals surface area contributed by atoms with Crippen LogP contribution in [0.25, 0.3) is 10.1 Å². The molecule has 27 heavy (non-hydrogen) atoms. The molecule has 14 heteroatoms. The third kappa shape index (κ3) is 5.04. The van der Waals surface area contributed by atoms with Crippen molar-refractivity contribution in [2.75, 3.05) is 12.4 Å². The third-order valence-electron chi connectivity index (χ3n) is 3.41. The maximum absolute atomic E-state index is 14.2. The van der Waals surface area contributed by atoms with Gasteiger partial charge in [-0.3, -0.25) is 4.57 Å². The number of aliphatic hydroxyl groups excluding tert-OH is 1. The van der Waals surface area contributed by atoms with Gasteiger partial charge in [-0.2, -0.15) is 8.78 Å². The molecule has 0 aliphatic heterocycles. The first kappa shape index (κ1) is 22.6. The van der Waals surface area contributed by atoms with Crippen molar-refractivity contribution in [1.29, 1.82) is 0 Å². The van der Waals surface area contributed by atoms with Crippen LogP contribution in [-0.4, -0.2) is 35.7 Å². The Labute approximate surface area is 165 Å². The van der Waals surface area contributed by atoms with Gasteiger partial charge in [-0.1, -0.05) is 0 Å². The van der Waals surface area contributed by atoms with Crippen LogP contribution in [-0.2, 0) is 26.9 Å². The molecule has 152 valence electrons. The zero-order valence-electron chi connectivity index (χ0n) is 13.4. The molecular formula is C13H15BrF2NO7PS2. The molecule has 0 bridgehead atoms. The summed E-state index contributed by atoms with van der Waals surface area (Å²) < 4.78 is 66.8. The number of fused-ring (bicyclic) bond motifs is 1. The van der Waals surface area contributed by atoms with E-state index in [1.54, 1.807) is 0 Å². The number of ether oxygens (including phenoxy) is 1. The van der Waals surface area contributed by atoms with Crippen LogP contribution in [0, 0.1) is 0 Å². The van der Waals surface area contributed by atoms with Gasteiger partial charge in [0.25, 0.3) is 0 Å². The number of alkyl halides is 2. The number of primary sulfonamides is 1. The number of sulfonamides is 1. The highest BCUT2D eigenvalue weighted by molar-refractivity contribution is 9.10.